The van der Waals surface area contributed by atoms with Crippen LogP contribution in [0.1, 0.15) is 33.6 Å². The van der Waals surface area contributed by atoms with E-state index in [4.69, 9.17) is 32.7 Å². The fourth-order valence-electron chi connectivity index (χ4n) is 4.55. The third-order valence-electron chi connectivity index (χ3n) is 6.41. The minimum absolute atomic E-state index is 0.0815. The average molecular weight is 520 g/mol. The van der Waals surface area contributed by atoms with Crippen LogP contribution in [0.5, 0.6) is 0 Å². The van der Waals surface area contributed by atoms with Gasteiger partial charge in [-0.05, 0) is 30.3 Å². The average Bonchev–Trinajstić information content (AvgIpc) is 3.24. The molecule has 2 fully saturated rings. The van der Waals surface area contributed by atoms with Gasteiger partial charge in [0.05, 0.1) is 23.3 Å². The lowest BCUT2D eigenvalue weighted by molar-refractivity contribution is -0.128. The number of benzene rings is 2. The van der Waals surface area contributed by atoms with Crippen molar-refractivity contribution in [3.05, 3.63) is 69.7 Å². The first-order valence-corrected chi connectivity index (χ1v) is 12.2. The van der Waals surface area contributed by atoms with E-state index in [2.05, 4.69) is 5.32 Å². The van der Waals surface area contributed by atoms with Crippen molar-refractivity contribution in [2.75, 3.05) is 40.0 Å². The molecule has 2 aliphatic heterocycles. The van der Waals surface area contributed by atoms with Gasteiger partial charge in [0.2, 0.25) is 5.91 Å². The number of likely N-dealkylation sites (tertiary alicyclic amines) is 1. The maximum Gasteiger partial charge on any atom is 0.256 e. The molecule has 186 valence electrons. The van der Waals surface area contributed by atoms with Gasteiger partial charge >= 0.3 is 0 Å². The number of nitrogens with zero attached hydrogens (tertiary/aromatic N) is 2. The maximum absolute atomic E-state index is 13.6. The predicted octanol–water partition coefficient (Wildman–Crippen LogP) is 3.23. The van der Waals surface area contributed by atoms with E-state index < -0.39 is 11.8 Å². The number of ether oxygens (including phenoxy) is 2. The van der Waals surface area contributed by atoms with E-state index in [1.165, 1.54) is 0 Å². The summed E-state index contributed by atoms with van der Waals surface area (Å²) in [6.45, 7) is 1.49. The SMILES string of the molecule is COCCNC(=O)C1COC2(CCN(C(=O)c3ccc(Cl)c(Cl)c3)CC2)N1C(=O)c1ccccc1. The molecule has 4 rings (SSSR count). The lowest BCUT2D eigenvalue weighted by Crippen LogP contribution is -2.60. The summed E-state index contributed by atoms with van der Waals surface area (Å²) in [5.74, 6) is -0.747. The molecule has 0 aliphatic carbocycles. The van der Waals surface area contributed by atoms with E-state index in [0.717, 1.165) is 0 Å². The Morgan fingerprint density at radius 1 is 1.03 bits per heavy atom. The van der Waals surface area contributed by atoms with E-state index in [0.29, 0.717) is 60.3 Å². The molecule has 10 heteroatoms. The molecule has 2 heterocycles. The van der Waals surface area contributed by atoms with Gasteiger partial charge in [0.15, 0.2) is 0 Å². The predicted molar refractivity (Wildman–Crippen MR) is 132 cm³/mol. The van der Waals surface area contributed by atoms with Crippen molar-refractivity contribution in [1.29, 1.82) is 0 Å². The summed E-state index contributed by atoms with van der Waals surface area (Å²) in [6, 6.07) is 12.8. The molecule has 2 aromatic carbocycles. The van der Waals surface area contributed by atoms with Crippen LogP contribution >= 0.6 is 23.2 Å². The van der Waals surface area contributed by atoms with Crippen molar-refractivity contribution in [3.63, 3.8) is 0 Å². The zero-order valence-corrected chi connectivity index (χ0v) is 20.8. The number of methoxy groups -OCH3 is 1. The Labute approximate surface area is 214 Å². The Bertz CT molecular complexity index is 1090. The number of carbonyl (C=O) groups excluding carboxylic acids is 3. The Morgan fingerprint density at radius 3 is 2.40 bits per heavy atom. The van der Waals surface area contributed by atoms with E-state index >= 15 is 0 Å². The van der Waals surface area contributed by atoms with Crippen molar-refractivity contribution in [2.24, 2.45) is 0 Å². The van der Waals surface area contributed by atoms with Crippen LogP contribution in [0.4, 0.5) is 0 Å². The quantitative estimate of drug-likeness (QED) is 0.592. The molecule has 2 aromatic rings. The normalized spacial score (nSPS) is 19.1. The second kappa shape index (κ2) is 11.0. The van der Waals surface area contributed by atoms with Crippen LogP contribution in [0, 0.1) is 0 Å². The summed E-state index contributed by atoms with van der Waals surface area (Å²) in [5.41, 5.74) is -0.0679. The summed E-state index contributed by atoms with van der Waals surface area (Å²) in [7, 11) is 1.55. The van der Waals surface area contributed by atoms with Crippen molar-refractivity contribution in [1.82, 2.24) is 15.1 Å². The monoisotopic (exact) mass is 519 g/mol. The zero-order chi connectivity index (χ0) is 25.0. The third-order valence-corrected chi connectivity index (χ3v) is 7.15. The Balaban J connectivity index is 1.54. The second-order valence-corrected chi connectivity index (χ2v) is 9.33. The van der Waals surface area contributed by atoms with E-state index in [1.54, 1.807) is 59.4 Å². The van der Waals surface area contributed by atoms with Crippen LogP contribution in [-0.4, -0.2) is 79.2 Å². The Kier molecular flexibility index (Phi) is 7.96. The van der Waals surface area contributed by atoms with Crippen LogP contribution in [0.2, 0.25) is 10.0 Å². The van der Waals surface area contributed by atoms with Gasteiger partial charge in [-0.15, -0.1) is 0 Å². The van der Waals surface area contributed by atoms with Gasteiger partial charge in [-0.3, -0.25) is 19.3 Å². The molecular weight excluding hydrogens is 493 g/mol. The second-order valence-electron chi connectivity index (χ2n) is 8.52. The fourth-order valence-corrected chi connectivity index (χ4v) is 4.85. The summed E-state index contributed by atoms with van der Waals surface area (Å²) in [6.07, 6.45) is 0.751. The van der Waals surface area contributed by atoms with Gasteiger partial charge in [0.25, 0.3) is 11.8 Å². The maximum atomic E-state index is 13.6. The van der Waals surface area contributed by atoms with E-state index in [9.17, 15) is 14.4 Å². The minimum atomic E-state index is -0.982. The summed E-state index contributed by atoms with van der Waals surface area (Å²) in [4.78, 5) is 42.9. The number of halogens is 2. The van der Waals surface area contributed by atoms with Crippen molar-refractivity contribution >= 4 is 40.9 Å². The van der Waals surface area contributed by atoms with Crippen LogP contribution in [0.3, 0.4) is 0 Å². The molecule has 0 aromatic heterocycles. The van der Waals surface area contributed by atoms with Gasteiger partial charge in [-0.1, -0.05) is 41.4 Å². The molecule has 35 heavy (non-hydrogen) atoms. The number of nitrogens with one attached hydrogen (secondary N) is 1. The largest absolute Gasteiger partial charge is 0.383 e. The first-order chi connectivity index (χ1) is 16.9. The van der Waals surface area contributed by atoms with E-state index in [-0.39, 0.29) is 24.3 Å². The summed E-state index contributed by atoms with van der Waals surface area (Å²) < 4.78 is 11.2. The number of hydrogen-bond acceptors (Lipinski definition) is 5. The molecule has 0 radical (unpaired) electrons. The topological polar surface area (TPSA) is 88.2 Å². The number of carbonyl (C=O) groups is 3. The molecule has 0 saturated carbocycles. The molecular formula is C25H27Cl2N3O5. The van der Waals surface area contributed by atoms with Crippen LogP contribution in [0.15, 0.2) is 48.5 Å². The fraction of sp³-hybridized carbons (Fsp3) is 0.400. The van der Waals surface area contributed by atoms with Gasteiger partial charge in [-0.25, -0.2) is 0 Å². The third kappa shape index (κ3) is 5.30. The molecule has 8 nitrogen and oxygen atoms in total. The number of hydrogen-bond donors (Lipinski definition) is 1. The van der Waals surface area contributed by atoms with Crippen molar-refractivity contribution < 1.29 is 23.9 Å². The van der Waals surface area contributed by atoms with Gasteiger partial charge in [0, 0.05) is 50.7 Å². The molecule has 1 unspecified atom stereocenters. The van der Waals surface area contributed by atoms with Gasteiger partial charge in [0.1, 0.15) is 11.8 Å². The van der Waals surface area contributed by atoms with Gasteiger partial charge in [-0.2, -0.15) is 0 Å². The highest BCUT2D eigenvalue weighted by atomic mass is 35.5. The van der Waals surface area contributed by atoms with E-state index in [1.807, 2.05) is 6.07 Å². The lowest BCUT2D eigenvalue weighted by Gasteiger charge is -2.44. The number of amides is 3. The Morgan fingerprint density at radius 2 is 1.74 bits per heavy atom. The highest BCUT2D eigenvalue weighted by Crippen LogP contribution is 2.39. The van der Waals surface area contributed by atoms with Crippen molar-refractivity contribution in [3.8, 4) is 0 Å². The first kappa shape index (κ1) is 25.4. The highest BCUT2D eigenvalue weighted by Gasteiger charge is 2.54. The smallest absolute Gasteiger partial charge is 0.256 e. The molecule has 1 atom stereocenters. The molecule has 1 N–H and O–H groups in total. The molecule has 2 aliphatic rings. The lowest BCUT2D eigenvalue weighted by atomic mass is 9.96. The zero-order valence-electron chi connectivity index (χ0n) is 19.3. The Hall–Kier alpha value is -2.65. The van der Waals surface area contributed by atoms with Crippen molar-refractivity contribution in [2.45, 2.75) is 24.6 Å². The summed E-state index contributed by atoms with van der Waals surface area (Å²) in [5, 5.41) is 3.51. The van der Waals surface area contributed by atoms with Crippen LogP contribution in [-0.2, 0) is 14.3 Å². The van der Waals surface area contributed by atoms with Crippen LogP contribution < -0.4 is 5.32 Å². The summed E-state index contributed by atoms with van der Waals surface area (Å²) >= 11 is 12.1. The molecule has 3 amide bonds. The number of piperidine rings is 1. The standard InChI is InChI=1S/C25H27Cl2N3O5/c1-34-14-11-28-22(31)21-16-35-25(30(21)24(33)17-5-3-2-4-6-17)9-12-29(13-10-25)23(32)18-7-8-19(26)20(27)15-18/h2-8,15,21H,9-14,16H2,1H3,(H,28,31). The molecule has 0 bridgehead atoms. The minimum Gasteiger partial charge on any atom is -0.383 e. The van der Waals surface area contributed by atoms with Gasteiger partial charge < -0.3 is 19.7 Å². The van der Waals surface area contributed by atoms with Crippen LogP contribution in [0.25, 0.3) is 0 Å². The first-order valence-electron chi connectivity index (χ1n) is 11.4. The molecule has 1 spiro atoms. The number of rotatable bonds is 6. The highest BCUT2D eigenvalue weighted by molar-refractivity contribution is 6.42. The molecule has 2 saturated heterocycles.